The molecular formula is C14H19ClN2. The predicted octanol–water partition coefficient (Wildman–Crippen LogP) is 2.92. The van der Waals surface area contributed by atoms with Crippen LogP contribution in [0.3, 0.4) is 0 Å². The van der Waals surface area contributed by atoms with Crippen LogP contribution in [0.25, 0.3) is 0 Å². The minimum absolute atomic E-state index is 0.661. The fraction of sp³-hybridized carbons (Fsp3) is 0.571. The van der Waals surface area contributed by atoms with Crippen LogP contribution >= 0.6 is 11.6 Å². The van der Waals surface area contributed by atoms with Gasteiger partial charge in [0.15, 0.2) is 0 Å². The monoisotopic (exact) mass is 250 g/mol. The van der Waals surface area contributed by atoms with Gasteiger partial charge in [-0.05, 0) is 43.9 Å². The predicted molar refractivity (Wildman–Crippen MR) is 72.8 cm³/mol. The summed E-state index contributed by atoms with van der Waals surface area (Å²) in [5.41, 5.74) is 1.20. The zero-order valence-corrected chi connectivity index (χ0v) is 10.8. The van der Waals surface area contributed by atoms with Crippen LogP contribution < -0.4 is 10.2 Å². The van der Waals surface area contributed by atoms with E-state index in [1.54, 1.807) is 0 Å². The summed E-state index contributed by atoms with van der Waals surface area (Å²) in [6.45, 7) is 3.36. The summed E-state index contributed by atoms with van der Waals surface area (Å²) in [6.07, 6.45) is 4.00. The number of halogens is 1. The maximum Gasteiger partial charge on any atom is 0.0639 e. The van der Waals surface area contributed by atoms with Crippen LogP contribution in [0.4, 0.5) is 5.69 Å². The molecule has 0 bridgehead atoms. The molecule has 2 nitrogen and oxygen atoms in total. The van der Waals surface area contributed by atoms with Gasteiger partial charge in [-0.2, -0.15) is 0 Å². The van der Waals surface area contributed by atoms with Crippen molar-refractivity contribution in [3.8, 4) is 0 Å². The molecule has 1 atom stereocenters. The Hall–Kier alpha value is -0.730. The van der Waals surface area contributed by atoms with E-state index in [-0.39, 0.29) is 0 Å². The lowest BCUT2D eigenvalue weighted by Crippen LogP contribution is -2.39. The molecule has 0 radical (unpaired) electrons. The first-order valence-corrected chi connectivity index (χ1v) is 6.95. The summed E-state index contributed by atoms with van der Waals surface area (Å²) in [6, 6.07) is 8.86. The summed E-state index contributed by atoms with van der Waals surface area (Å²) in [5, 5.41) is 4.56. The minimum Gasteiger partial charge on any atom is -0.369 e. The summed E-state index contributed by atoms with van der Waals surface area (Å²) < 4.78 is 0. The van der Waals surface area contributed by atoms with Crippen molar-refractivity contribution in [1.82, 2.24) is 5.32 Å². The van der Waals surface area contributed by atoms with E-state index in [1.165, 1.54) is 24.9 Å². The molecule has 1 unspecified atom stereocenters. The van der Waals surface area contributed by atoms with Gasteiger partial charge < -0.3 is 10.2 Å². The minimum atomic E-state index is 0.661. The van der Waals surface area contributed by atoms with Gasteiger partial charge in [0, 0.05) is 19.1 Å². The van der Waals surface area contributed by atoms with Gasteiger partial charge in [-0.1, -0.05) is 23.7 Å². The van der Waals surface area contributed by atoms with Crippen molar-refractivity contribution in [3.63, 3.8) is 0 Å². The fourth-order valence-electron chi connectivity index (χ4n) is 2.69. The molecule has 0 amide bonds. The molecule has 1 aliphatic carbocycles. The number of rotatable bonds is 2. The van der Waals surface area contributed by atoms with Crippen molar-refractivity contribution < 1.29 is 0 Å². The first-order chi connectivity index (χ1) is 8.34. The molecule has 1 saturated heterocycles. The largest absolute Gasteiger partial charge is 0.369 e. The highest BCUT2D eigenvalue weighted by Gasteiger charge is 2.33. The van der Waals surface area contributed by atoms with E-state index in [9.17, 15) is 0 Å². The maximum atomic E-state index is 6.29. The van der Waals surface area contributed by atoms with Gasteiger partial charge in [-0.25, -0.2) is 0 Å². The number of anilines is 1. The Morgan fingerprint density at radius 1 is 1.24 bits per heavy atom. The molecule has 1 saturated carbocycles. The van der Waals surface area contributed by atoms with Crippen LogP contribution in [0.1, 0.15) is 19.3 Å². The Bertz CT molecular complexity index is 390. The SMILES string of the molecule is Clc1ccccc1N1CCCNC(C2CC2)C1. The van der Waals surface area contributed by atoms with E-state index < -0.39 is 0 Å². The Morgan fingerprint density at radius 3 is 2.82 bits per heavy atom. The van der Waals surface area contributed by atoms with Gasteiger partial charge in [0.25, 0.3) is 0 Å². The summed E-state index contributed by atoms with van der Waals surface area (Å²) in [7, 11) is 0. The number of hydrogen-bond acceptors (Lipinski definition) is 2. The number of benzene rings is 1. The summed E-state index contributed by atoms with van der Waals surface area (Å²) in [5.74, 6) is 0.901. The first-order valence-electron chi connectivity index (χ1n) is 6.57. The molecule has 1 aromatic carbocycles. The molecule has 3 heteroatoms. The van der Waals surface area contributed by atoms with Gasteiger partial charge in [0.1, 0.15) is 0 Å². The van der Waals surface area contributed by atoms with E-state index in [0.29, 0.717) is 6.04 Å². The molecule has 1 aliphatic heterocycles. The number of nitrogens with one attached hydrogen (secondary N) is 1. The smallest absolute Gasteiger partial charge is 0.0639 e. The molecule has 1 heterocycles. The third-order valence-electron chi connectivity index (χ3n) is 3.81. The zero-order chi connectivity index (χ0) is 11.7. The van der Waals surface area contributed by atoms with Crippen LogP contribution in [-0.4, -0.2) is 25.7 Å². The quantitative estimate of drug-likeness (QED) is 0.868. The van der Waals surface area contributed by atoms with Crippen molar-refractivity contribution in [3.05, 3.63) is 29.3 Å². The van der Waals surface area contributed by atoms with Gasteiger partial charge in [0.2, 0.25) is 0 Å². The number of hydrogen-bond donors (Lipinski definition) is 1. The molecule has 2 aliphatic rings. The van der Waals surface area contributed by atoms with Crippen molar-refractivity contribution in [1.29, 1.82) is 0 Å². The molecule has 0 spiro atoms. The Morgan fingerprint density at radius 2 is 2.06 bits per heavy atom. The lowest BCUT2D eigenvalue weighted by Gasteiger charge is -2.27. The molecule has 3 rings (SSSR count). The molecule has 92 valence electrons. The normalized spacial score (nSPS) is 25.7. The van der Waals surface area contributed by atoms with Gasteiger partial charge >= 0.3 is 0 Å². The second kappa shape index (κ2) is 4.87. The Kier molecular flexibility index (Phi) is 3.26. The second-order valence-corrected chi connectivity index (χ2v) is 5.56. The van der Waals surface area contributed by atoms with Crippen LogP contribution in [0, 0.1) is 5.92 Å². The van der Waals surface area contributed by atoms with E-state index in [0.717, 1.165) is 30.6 Å². The average Bonchev–Trinajstić information content (AvgIpc) is 3.16. The molecule has 17 heavy (non-hydrogen) atoms. The average molecular weight is 251 g/mol. The Balaban J connectivity index is 1.78. The molecule has 1 N–H and O–H groups in total. The lowest BCUT2D eigenvalue weighted by molar-refractivity contribution is 0.490. The van der Waals surface area contributed by atoms with E-state index >= 15 is 0 Å². The highest BCUT2D eigenvalue weighted by Crippen LogP contribution is 2.35. The summed E-state index contributed by atoms with van der Waals surface area (Å²) in [4.78, 5) is 2.45. The molecule has 2 fully saturated rings. The third-order valence-corrected chi connectivity index (χ3v) is 4.13. The van der Waals surface area contributed by atoms with Crippen molar-refractivity contribution >= 4 is 17.3 Å². The summed E-state index contributed by atoms with van der Waals surface area (Å²) >= 11 is 6.29. The van der Waals surface area contributed by atoms with E-state index in [4.69, 9.17) is 11.6 Å². The fourth-order valence-corrected chi connectivity index (χ4v) is 2.95. The van der Waals surface area contributed by atoms with Gasteiger partial charge in [-0.3, -0.25) is 0 Å². The number of para-hydroxylation sites is 1. The molecule has 0 aromatic heterocycles. The zero-order valence-electron chi connectivity index (χ0n) is 10.0. The highest BCUT2D eigenvalue weighted by atomic mass is 35.5. The molecular weight excluding hydrogens is 232 g/mol. The van der Waals surface area contributed by atoms with Crippen LogP contribution in [-0.2, 0) is 0 Å². The molecule has 1 aromatic rings. The van der Waals surface area contributed by atoms with E-state index in [1.807, 2.05) is 12.1 Å². The van der Waals surface area contributed by atoms with Crippen molar-refractivity contribution in [2.24, 2.45) is 5.92 Å². The standard InChI is InChI=1S/C14H19ClN2/c15-12-4-1-2-5-14(12)17-9-3-8-16-13(10-17)11-6-7-11/h1-2,4-5,11,13,16H,3,6-10H2. The first kappa shape index (κ1) is 11.4. The van der Waals surface area contributed by atoms with Gasteiger partial charge in [-0.15, -0.1) is 0 Å². The van der Waals surface area contributed by atoms with Crippen molar-refractivity contribution in [2.45, 2.75) is 25.3 Å². The second-order valence-electron chi connectivity index (χ2n) is 5.15. The topological polar surface area (TPSA) is 15.3 Å². The number of nitrogens with zero attached hydrogens (tertiary/aromatic N) is 1. The van der Waals surface area contributed by atoms with Crippen LogP contribution in [0.15, 0.2) is 24.3 Å². The van der Waals surface area contributed by atoms with Crippen LogP contribution in [0.5, 0.6) is 0 Å². The lowest BCUT2D eigenvalue weighted by atomic mass is 10.1. The van der Waals surface area contributed by atoms with E-state index in [2.05, 4.69) is 22.3 Å². The third kappa shape index (κ3) is 2.58. The maximum absolute atomic E-state index is 6.29. The van der Waals surface area contributed by atoms with Crippen LogP contribution in [0.2, 0.25) is 5.02 Å². The highest BCUT2D eigenvalue weighted by molar-refractivity contribution is 6.33. The van der Waals surface area contributed by atoms with Crippen molar-refractivity contribution in [2.75, 3.05) is 24.5 Å². The van der Waals surface area contributed by atoms with Gasteiger partial charge in [0.05, 0.1) is 10.7 Å². The Labute approximate surface area is 108 Å².